The van der Waals surface area contributed by atoms with Gasteiger partial charge in [0, 0.05) is 41.6 Å². The minimum absolute atomic E-state index is 0.0143. The molecule has 100 valence electrons. The maximum atomic E-state index is 11.0. The maximum absolute atomic E-state index is 11.0. The maximum Gasteiger partial charge on any atom is 0.188 e. The van der Waals surface area contributed by atoms with Crippen LogP contribution in [-0.2, 0) is 17.3 Å². The second kappa shape index (κ2) is 7.07. The van der Waals surface area contributed by atoms with Crippen LogP contribution in [0, 0.1) is 0 Å². The minimum atomic E-state index is -0.814. The van der Waals surface area contributed by atoms with E-state index in [1.165, 1.54) is 0 Å². The van der Waals surface area contributed by atoms with E-state index in [4.69, 9.17) is 10.9 Å². The molecule has 0 aliphatic rings. The second-order valence-corrected chi connectivity index (χ2v) is 5.54. The second-order valence-electron chi connectivity index (χ2n) is 4.06. The van der Waals surface area contributed by atoms with Crippen LogP contribution < -0.4 is 11.1 Å². The lowest BCUT2D eigenvalue weighted by Gasteiger charge is -2.12. The number of nitrogens with two attached hydrogens (primary N) is 1. The van der Waals surface area contributed by atoms with Gasteiger partial charge in [-0.3, -0.25) is 9.19 Å². The molecule has 1 rings (SSSR count). The number of nitrogens with one attached hydrogen (secondary N) is 1. The molecule has 0 aromatic carbocycles. The molecule has 0 radical (unpaired) electrons. The zero-order chi connectivity index (χ0) is 13.5. The molecule has 1 aromatic rings. The van der Waals surface area contributed by atoms with Gasteiger partial charge in [-0.25, -0.2) is 0 Å². The van der Waals surface area contributed by atoms with Gasteiger partial charge in [0.15, 0.2) is 5.84 Å². The largest absolute Gasteiger partial charge is 0.409 e. The average molecular weight is 270 g/mol. The topological polar surface area (TPSA) is 101 Å². The summed E-state index contributed by atoms with van der Waals surface area (Å²) < 4.78 is 11.0. The third-order valence-electron chi connectivity index (χ3n) is 2.33. The third-order valence-corrected chi connectivity index (χ3v) is 3.30. The van der Waals surface area contributed by atoms with Crippen molar-refractivity contribution in [2.75, 3.05) is 12.0 Å². The fourth-order valence-corrected chi connectivity index (χ4v) is 2.30. The van der Waals surface area contributed by atoms with Gasteiger partial charge in [-0.1, -0.05) is 5.16 Å². The summed E-state index contributed by atoms with van der Waals surface area (Å²) in [5, 5.41) is 14.7. The SMILES string of the molecule is CC(CS(C)=O)NCc1ccnc(/C(N)=N/O)c1. The standard InChI is InChI=1S/C11H18N4O2S/c1-8(7-18(2)17)14-6-9-3-4-13-10(5-9)11(12)15-16/h3-5,8,14,16H,6-7H2,1-2H3,(H2,12,15). The monoisotopic (exact) mass is 270 g/mol. The van der Waals surface area contributed by atoms with Crippen molar-refractivity contribution in [3.8, 4) is 0 Å². The van der Waals surface area contributed by atoms with Crippen molar-refractivity contribution in [3.63, 3.8) is 0 Å². The highest BCUT2D eigenvalue weighted by Crippen LogP contribution is 2.02. The van der Waals surface area contributed by atoms with Gasteiger partial charge in [-0.15, -0.1) is 0 Å². The highest BCUT2D eigenvalue weighted by Gasteiger charge is 2.05. The smallest absolute Gasteiger partial charge is 0.188 e. The third kappa shape index (κ3) is 4.80. The van der Waals surface area contributed by atoms with E-state index in [0.717, 1.165) is 5.56 Å². The predicted octanol–water partition coefficient (Wildman–Crippen LogP) is 0.0327. The van der Waals surface area contributed by atoms with Gasteiger partial charge in [0.2, 0.25) is 0 Å². The summed E-state index contributed by atoms with van der Waals surface area (Å²) in [7, 11) is -0.814. The summed E-state index contributed by atoms with van der Waals surface area (Å²) in [4.78, 5) is 3.99. The van der Waals surface area contributed by atoms with Gasteiger partial charge in [0.1, 0.15) is 5.69 Å². The molecular formula is C11H18N4O2S. The van der Waals surface area contributed by atoms with Gasteiger partial charge in [-0.2, -0.15) is 0 Å². The first-order chi connectivity index (χ1) is 8.52. The first-order valence-electron chi connectivity index (χ1n) is 5.49. The molecule has 0 aliphatic carbocycles. The van der Waals surface area contributed by atoms with Crippen LogP contribution in [-0.4, -0.2) is 38.3 Å². The Morgan fingerprint density at radius 3 is 3.06 bits per heavy atom. The number of hydrogen-bond donors (Lipinski definition) is 3. The zero-order valence-electron chi connectivity index (χ0n) is 10.5. The Balaban J connectivity index is 2.60. The van der Waals surface area contributed by atoms with Gasteiger partial charge < -0.3 is 16.3 Å². The summed E-state index contributed by atoms with van der Waals surface area (Å²) in [6.45, 7) is 2.60. The van der Waals surface area contributed by atoms with E-state index in [2.05, 4.69) is 15.5 Å². The highest BCUT2D eigenvalue weighted by molar-refractivity contribution is 7.84. The molecule has 2 atom stereocenters. The van der Waals surface area contributed by atoms with Crippen LogP contribution in [0.4, 0.5) is 0 Å². The van der Waals surface area contributed by atoms with Crippen molar-refractivity contribution in [1.29, 1.82) is 0 Å². The molecule has 7 heteroatoms. The van der Waals surface area contributed by atoms with E-state index in [-0.39, 0.29) is 11.9 Å². The van der Waals surface area contributed by atoms with Crippen molar-refractivity contribution in [3.05, 3.63) is 29.6 Å². The number of oxime groups is 1. The molecule has 0 saturated carbocycles. The zero-order valence-corrected chi connectivity index (χ0v) is 11.3. The van der Waals surface area contributed by atoms with Crippen molar-refractivity contribution >= 4 is 16.6 Å². The molecule has 0 amide bonds. The molecule has 0 fully saturated rings. The molecular weight excluding hydrogens is 252 g/mol. The Morgan fingerprint density at radius 1 is 1.72 bits per heavy atom. The van der Waals surface area contributed by atoms with Crippen molar-refractivity contribution in [2.45, 2.75) is 19.5 Å². The van der Waals surface area contributed by atoms with Crippen LogP contribution >= 0.6 is 0 Å². The van der Waals surface area contributed by atoms with Crippen LogP contribution in [0.25, 0.3) is 0 Å². The summed E-state index contributed by atoms with van der Waals surface area (Å²) in [6.07, 6.45) is 3.29. The van der Waals surface area contributed by atoms with Gasteiger partial charge in [0.05, 0.1) is 0 Å². The van der Waals surface area contributed by atoms with Gasteiger partial charge >= 0.3 is 0 Å². The number of hydrogen-bond acceptors (Lipinski definition) is 5. The molecule has 2 unspecified atom stereocenters. The molecule has 1 heterocycles. The molecule has 0 spiro atoms. The molecule has 18 heavy (non-hydrogen) atoms. The van der Waals surface area contributed by atoms with E-state index < -0.39 is 10.8 Å². The molecule has 0 aliphatic heterocycles. The van der Waals surface area contributed by atoms with Crippen molar-refractivity contribution < 1.29 is 9.42 Å². The number of pyridine rings is 1. The van der Waals surface area contributed by atoms with Gasteiger partial charge in [0.25, 0.3) is 0 Å². The van der Waals surface area contributed by atoms with Crippen LogP contribution in [0.2, 0.25) is 0 Å². The first kappa shape index (κ1) is 14.6. The fourth-order valence-electron chi connectivity index (χ4n) is 1.48. The summed E-state index contributed by atoms with van der Waals surface area (Å²) in [6, 6.07) is 3.75. The molecule has 6 nitrogen and oxygen atoms in total. The predicted molar refractivity (Wildman–Crippen MR) is 72.0 cm³/mol. The van der Waals surface area contributed by atoms with E-state index in [1.807, 2.05) is 13.0 Å². The summed E-state index contributed by atoms with van der Waals surface area (Å²) in [5.41, 5.74) is 6.87. The van der Waals surface area contributed by atoms with Gasteiger partial charge in [-0.05, 0) is 24.6 Å². The quantitative estimate of drug-likeness (QED) is 0.293. The molecule has 4 N–H and O–H groups in total. The van der Waals surface area contributed by atoms with Crippen molar-refractivity contribution in [1.82, 2.24) is 10.3 Å². The fraction of sp³-hybridized carbons (Fsp3) is 0.455. The Kier molecular flexibility index (Phi) is 5.73. The summed E-state index contributed by atoms with van der Waals surface area (Å²) >= 11 is 0. The number of nitrogens with zero attached hydrogens (tertiary/aromatic N) is 2. The number of aromatic nitrogens is 1. The van der Waals surface area contributed by atoms with Crippen molar-refractivity contribution in [2.24, 2.45) is 10.9 Å². The molecule has 0 saturated heterocycles. The lowest BCUT2D eigenvalue weighted by molar-refractivity contribution is 0.318. The van der Waals surface area contributed by atoms with E-state index in [9.17, 15) is 4.21 Å². The average Bonchev–Trinajstić information content (AvgIpc) is 2.35. The highest BCUT2D eigenvalue weighted by atomic mass is 32.2. The van der Waals surface area contributed by atoms with E-state index in [1.54, 1.807) is 18.5 Å². The van der Waals surface area contributed by atoms with Crippen LogP contribution in [0.3, 0.4) is 0 Å². The van der Waals surface area contributed by atoms with Crippen LogP contribution in [0.15, 0.2) is 23.5 Å². The Labute approximate surface area is 109 Å². The Bertz CT molecular complexity index is 450. The lowest BCUT2D eigenvalue weighted by atomic mass is 10.2. The first-order valence-corrected chi connectivity index (χ1v) is 7.22. The Morgan fingerprint density at radius 2 is 2.44 bits per heavy atom. The number of amidine groups is 1. The van der Waals surface area contributed by atoms with E-state index in [0.29, 0.717) is 18.0 Å². The summed E-state index contributed by atoms with van der Waals surface area (Å²) in [5.74, 6) is 0.595. The van der Waals surface area contributed by atoms with Crippen LogP contribution in [0.5, 0.6) is 0 Å². The van der Waals surface area contributed by atoms with E-state index >= 15 is 0 Å². The number of rotatable bonds is 6. The Hall–Kier alpha value is -1.47. The lowest BCUT2D eigenvalue weighted by Crippen LogP contribution is -2.30. The molecule has 1 aromatic heterocycles. The normalized spacial score (nSPS) is 15.3. The minimum Gasteiger partial charge on any atom is -0.409 e. The molecule has 0 bridgehead atoms. The van der Waals surface area contributed by atoms with Crippen LogP contribution in [0.1, 0.15) is 18.2 Å².